The lowest BCUT2D eigenvalue weighted by Gasteiger charge is -2.10. The second kappa shape index (κ2) is 6.36. The zero-order valence-corrected chi connectivity index (χ0v) is 13.2. The maximum absolute atomic E-state index is 13.7. The molecule has 3 nitrogen and oxygen atoms in total. The number of aromatic amines is 1. The van der Waals surface area contributed by atoms with Gasteiger partial charge in [-0.2, -0.15) is 0 Å². The van der Waals surface area contributed by atoms with Crippen molar-refractivity contribution in [2.24, 2.45) is 0 Å². The first-order valence-corrected chi connectivity index (χ1v) is 7.81. The van der Waals surface area contributed by atoms with Gasteiger partial charge in [0.25, 0.3) is 0 Å². The van der Waals surface area contributed by atoms with Crippen molar-refractivity contribution < 1.29 is 13.5 Å². The number of benzene rings is 3. The lowest BCUT2D eigenvalue weighted by atomic mass is 10.2. The van der Waals surface area contributed by atoms with Crippen molar-refractivity contribution in [1.82, 2.24) is 9.97 Å². The highest BCUT2D eigenvalue weighted by Gasteiger charge is 2.12. The predicted molar refractivity (Wildman–Crippen MR) is 92.2 cm³/mol. The summed E-state index contributed by atoms with van der Waals surface area (Å²) >= 11 is 0. The van der Waals surface area contributed by atoms with Crippen molar-refractivity contribution in [3.63, 3.8) is 0 Å². The highest BCUT2D eigenvalue weighted by molar-refractivity contribution is 5.80. The smallest absolute Gasteiger partial charge is 0.142 e. The van der Waals surface area contributed by atoms with Gasteiger partial charge in [-0.15, -0.1) is 0 Å². The first-order chi connectivity index (χ1) is 12.2. The largest absolute Gasteiger partial charge is 0.488 e. The van der Waals surface area contributed by atoms with E-state index in [0.717, 1.165) is 11.0 Å². The monoisotopic (exact) mass is 336 g/mol. The Bertz CT molecular complexity index is 1010. The zero-order chi connectivity index (χ0) is 17.2. The van der Waals surface area contributed by atoms with Crippen LogP contribution in [0.25, 0.3) is 22.4 Å². The summed E-state index contributed by atoms with van der Waals surface area (Å²) in [5.74, 6) is 0.200. The summed E-state index contributed by atoms with van der Waals surface area (Å²) in [5.41, 5.74) is 3.02. The number of aromatic nitrogens is 2. The lowest BCUT2D eigenvalue weighted by molar-refractivity contribution is 0.305. The molecule has 0 saturated heterocycles. The van der Waals surface area contributed by atoms with E-state index in [9.17, 15) is 8.78 Å². The van der Waals surface area contributed by atoms with Crippen LogP contribution in [0.1, 0.15) is 5.56 Å². The second-order valence-corrected chi connectivity index (χ2v) is 5.66. The number of imidazole rings is 1. The van der Waals surface area contributed by atoms with Gasteiger partial charge in [-0.1, -0.05) is 24.3 Å². The molecule has 0 amide bonds. The van der Waals surface area contributed by atoms with E-state index in [2.05, 4.69) is 9.97 Å². The maximum atomic E-state index is 13.7. The molecule has 3 aromatic carbocycles. The van der Waals surface area contributed by atoms with E-state index < -0.39 is 5.82 Å². The number of H-pyrrole nitrogens is 1. The van der Waals surface area contributed by atoms with Crippen molar-refractivity contribution in [1.29, 1.82) is 0 Å². The van der Waals surface area contributed by atoms with Gasteiger partial charge < -0.3 is 9.72 Å². The number of para-hydroxylation sites is 2. The molecule has 0 atom stereocenters. The molecule has 0 aliphatic carbocycles. The van der Waals surface area contributed by atoms with Crippen LogP contribution in [-0.2, 0) is 6.61 Å². The third-order valence-electron chi connectivity index (χ3n) is 3.87. The number of hydrogen-bond donors (Lipinski definition) is 1. The molecule has 1 heterocycles. The molecule has 5 heteroatoms. The topological polar surface area (TPSA) is 37.9 Å². The average molecular weight is 336 g/mol. The van der Waals surface area contributed by atoms with Gasteiger partial charge in [-0.25, -0.2) is 13.8 Å². The highest BCUT2D eigenvalue weighted by Crippen LogP contribution is 2.31. The van der Waals surface area contributed by atoms with Crippen LogP contribution in [0.4, 0.5) is 8.78 Å². The first-order valence-electron chi connectivity index (χ1n) is 7.81. The fraction of sp³-hybridized carbons (Fsp3) is 0.0500. The molecule has 4 aromatic rings. The molecule has 124 valence electrons. The first kappa shape index (κ1) is 15.3. The molecule has 0 spiro atoms. The van der Waals surface area contributed by atoms with Crippen LogP contribution >= 0.6 is 0 Å². The van der Waals surface area contributed by atoms with Gasteiger partial charge in [-0.3, -0.25) is 0 Å². The Balaban J connectivity index is 1.68. The fourth-order valence-corrected chi connectivity index (χ4v) is 2.68. The molecule has 25 heavy (non-hydrogen) atoms. The Hall–Kier alpha value is -3.21. The van der Waals surface area contributed by atoms with Gasteiger partial charge in [0.05, 0.1) is 16.6 Å². The van der Waals surface area contributed by atoms with Crippen LogP contribution in [-0.4, -0.2) is 9.97 Å². The van der Waals surface area contributed by atoms with Gasteiger partial charge in [0.1, 0.15) is 29.8 Å². The molecular weight excluding hydrogens is 322 g/mol. The number of nitrogens with one attached hydrogen (secondary N) is 1. The average Bonchev–Trinajstić information content (AvgIpc) is 3.04. The number of hydrogen-bond acceptors (Lipinski definition) is 2. The summed E-state index contributed by atoms with van der Waals surface area (Å²) in [7, 11) is 0. The highest BCUT2D eigenvalue weighted by atomic mass is 19.1. The van der Waals surface area contributed by atoms with Crippen LogP contribution in [0.5, 0.6) is 5.75 Å². The SMILES string of the molecule is Fc1cccc(COc2cc(F)ccc2-c2nc3ccccc3[nH]2)c1. The van der Waals surface area contributed by atoms with Crippen LogP contribution in [0.3, 0.4) is 0 Å². The molecule has 0 saturated carbocycles. The molecule has 0 aliphatic rings. The van der Waals surface area contributed by atoms with Crippen molar-refractivity contribution in [2.45, 2.75) is 6.61 Å². The Labute approximate surface area is 142 Å². The van der Waals surface area contributed by atoms with Gasteiger partial charge >= 0.3 is 0 Å². The molecule has 1 aromatic heterocycles. The quantitative estimate of drug-likeness (QED) is 0.564. The molecule has 0 radical (unpaired) electrons. The van der Waals surface area contributed by atoms with E-state index >= 15 is 0 Å². The van der Waals surface area contributed by atoms with Crippen molar-refractivity contribution in [3.05, 3.63) is 83.9 Å². The van der Waals surface area contributed by atoms with E-state index in [1.807, 2.05) is 24.3 Å². The van der Waals surface area contributed by atoms with Crippen LogP contribution in [0.2, 0.25) is 0 Å². The Kier molecular flexibility index (Phi) is 3.90. The van der Waals surface area contributed by atoms with Gasteiger partial charge in [0.2, 0.25) is 0 Å². The summed E-state index contributed by atoms with van der Waals surface area (Å²) in [6.07, 6.45) is 0. The van der Waals surface area contributed by atoms with Crippen molar-refractivity contribution in [2.75, 3.05) is 0 Å². The van der Waals surface area contributed by atoms with Gasteiger partial charge in [0, 0.05) is 6.07 Å². The minimum atomic E-state index is -0.408. The number of ether oxygens (including phenoxy) is 1. The maximum Gasteiger partial charge on any atom is 0.142 e. The second-order valence-electron chi connectivity index (χ2n) is 5.66. The number of fused-ring (bicyclic) bond motifs is 1. The summed E-state index contributed by atoms with van der Waals surface area (Å²) in [6.45, 7) is 0.133. The Morgan fingerprint density at radius 1 is 0.880 bits per heavy atom. The summed E-state index contributed by atoms with van der Waals surface area (Å²) in [5, 5.41) is 0. The molecule has 0 aliphatic heterocycles. The minimum Gasteiger partial charge on any atom is -0.488 e. The number of rotatable bonds is 4. The number of nitrogens with zero attached hydrogens (tertiary/aromatic N) is 1. The number of halogens is 2. The summed E-state index contributed by atoms with van der Waals surface area (Å²) in [6, 6.07) is 18.0. The Morgan fingerprint density at radius 2 is 1.72 bits per heavy atom. The standard InChI is InChI=1S/C20H14F2N2O/c21-14-5-3-4-13(10-14)12-25-19-11-15(22)8-9-16(19)20-23-17-6-1-2-7-18(17)24-20/h1-11H,12H2,(H,23,24). The fourth-order valence-electron chi connectivity index (χ4n) is 2.68. The van der Waals surface area contributed by atoms with E-state index in [1.54, 1.807) is 18.2 Å². The van der Waals surface area contributed by atoms with E-state index in [-0.39, 0.29) is 12.4 Å². The van der Waals surface area contributed by atoms with Gasteiger partial charge in [-0.05, 0) is 42.0 Å². The third kappa shape index (κ3) is 3.21. The molecule has 4 rings (SSSR count). The molecule has 0 bridgehead atoms. The molecule has 0 fully saturated rings. The molecule has 1 N–H and O–H groups in total. The predicted octanol–water partition coefficient (Wildman–Crippen LogP) is 5.09. The molecular formula is C20H14F2N2O. The van der Waals surface area contributed by atoms with Crippen molar-refractivity contribution in [3.8, 4) is 17.1 Å². The lowest BCUT2D eigenvalue weighted by Crippen LogP contribution is -1.98. The van der Waals surface area contributed by atoms with E-state index in [0.29, 0.717) is 22.7 Å². The van der Waals surface area contributed by atoms with Crippen LogP contribution < -0.4 is 4.74 Å². The summed E-state index contributed by atoms with van der Waals surface area (Å²) in [4.78, 5) is 7.73. The Morgan fingerprint density at radius 3 is 2.56 bits per heavy atom. The summed E-state index contributed by atoms with van der Waals surface area (Å²) < 4.78 is 32.7. The normalized spacial score (nSPS) is 11.0. The zero-order valence-electron chi connectivity index (χ0n) is 13.2. The minimum absolute atomic E-state index is 0.133. The van der Waals surface area contributed by atoms with Crippen LogP contribution in [0, 0.1) is 11.6 Å². The third-order valence-corrected chi connectivity index (χ3v) is 3.87. The van der Waals surface area contributed by atoms with Crippen molar-refractivity contribution >= 4 is 11.0 Å². The van der Waals surface area contributed by atoms with E-state index in [4.69, 9.17) is 4.74 Å². The molecule has 0 unspecified atom stereocenters. The van der Waals surface area contributed by atoms with E-state index in [1.165, 1.54) is 24.3 Å². The van der Waals surface area contributed by atoms with Crippen LogP contribution in [0.15, 0.2) is 66.7 Å². The van der Waals surface area contributed by atoms with Gasteiger partial charge in [0.15, 0.2) is 0 Å².